The highest BCUT2D eigenvalue weighted by Crippen LogP contribution is 2.24. The maximum Gasteiger partial charge on any atom is 0.375 e. The van der Waals surface area contributed by atoms with Crippen LogP contribution in [0.3, 0.4) is 0 Å². The summed E-state index contributed by atoms with van der Waals surface area (Å²) in [6, 6.07) is 0.0882. The SMILES string of the molecule is CN(CC(F)(F)C(=O)O)C1CCSC1. The van der Waals surface area contributed by atoms with Crippen molar-refractivity contribution in [2.24, 2.45) is 0 Å². The number of rotatable bonds is 4. The average molecular weight is 225 g/mol. The minimum absolute atomic E-state index is 0.0882. The Morgan fingerprint density at radius 3 is 2.79 bits per heavy atom. The molecule has 0 aromatic carbocycles. The molecule has 0 spiro atoms. The van der Waals surface area contributed by atoms with Crippen LogP contribution >= 0.6 is 11.8 Å². The molecule has 1 unspecified atom stereocenters. The van der Waals surface area contributed by atoms with Crippen molar-refractivity contribution < 1.29 is 18.7 Å². The van der Waals surface area contributed by atoms with Gasteiger partial charge in [-0.15, -0.1) is 0 Å². The van der Waals surface area contributed by atoms with E-state index in [9.17, 15) is 13.6 Å². The van der Waals surface area contributed by atoms with E-state index in [2.05, 4.69) is 0 Å². The van der Waals surface area contributed by atoms with Gasteiger partial charge in [0.05, 0.1) is 6.54 Å². The molecule has 0 amide bonds. The molecule has 0 aromatic heterocycles. The van der Waals surface area contributed by atoms with E-state index < -0.39 is 18.4 Å². The highest BCUT2D eigenvalue weighted by molar-refractivity contribution is 7.99. The summed E-state index contributed by atoms with van der Waals surface area (Å²) in [4.78, 5) is 11.6. The molecule has 1 fully saturated rings. The summed E-state index contributed by atoms with van der Waals surface area (Å²) in [6.07, 6.45) is 0.858. The van der Waals surface area contributed by atoms with Gasteiger partial charge in [-0.1, -0.05) is 0 Å². The van der Waals surface area contributed by atoms with E-state index in [1.807, 2.05) is 0 Å². The van der Waals surface area contributed by atoms with Gasteiger partial charge in [-0.2, -0.15) is 20.5 Å². The molecule has 0 saturated carbocycles. The molecule has 1 N–H and O–H groups in total. The van der Waals surface area contributed by atoms with Crippen LogP contribution < -0.4 is 0 Å². The number of hydrogen-bond donors (Lipinski definition) is 1. The lowest BCUT2D eigenvalue weighted by Gasteiger charge is -2.25. The number of carboxylic acids is 1. The van der Waals surface area contributed by atoms with Crippen LogP contribution in [0.25, 0.3) is 0 Å². The number of halogens is 2. The molecule has 1 rings (SSSR count). The first-order chi connectivity index (χ1) is 6.43. The lowest BCUT2D eigenvalue weighted by atomic mass is 10.2. The average Bonchev–Trinajstić information content (AvgIpc) is 2.54. The number of alkyl halides is 2. The van der Waals surface area contributed by atoms with Gasteiger partial charge in [-0.3, -0.25) is 4.90 Å². The maximum atomic E-state index is 12.8. The van der Waals surface area contributed by atoms with Crippen LogP contribution in [0.1, 0.15) is 6.42 Å². The molecular weight excluding hydrogens is 212 g/mol. The van der Waals surface area contributed by atoms with Gasteiger partial charge in [-0.25, -0.2) is 4.79 Å². The van der Waals surface area contributed by atoms with E-state index in [0.717, 1.165) is 17.9 Å². The predicted molar refractivity (Wildman–Crippen MR) is 50.9 cm³/mol. The van der Waals surface area contributed by atoms with Crippen molar-refractivity contribution in [1.29, 1.82) is 0 Å². The fourth-order valence-corrected chi connectivity index (χ4v) is 2.68. The van der Waals surface area contributed by atoms with Crippen molar-refractivity contribution >= 4 is 17.7 Å². The molecule has 3 nitrogen and oxygen atoms in total. The third-order valence-electron chi connectivity index (χ3n) is 2.29. The van der Waals surface area contributed by atoms with Crippen LogP contribution in [0.5, 0.6) is 0 Å². The van der Waals surface area contributed by atoms with Crippen LogP contribution in [-0.4, -0.2) is 53.0 Å². The Bertz CT molecular complexity index is 219. The Hall–Kier alpha value is -0.360. The zero-order valence-electron chi connectivity index (χ0n) is 7.87. The van der Waals surface area contributed by atoms with E-state index in [4.69, 9.17) is 5.11 Å². The van der Waals surface area contributed by atoms with E-state index in [1.54, 1.807) is 18.8 Å². The number of hydrogen-bond acceptors (Lipinski definition) is 3. The Morgan fingerprint density at radius 2 is 2.36 bits per heavy atom. The van der Waals surface area contributed by atoms with Crippen molar-refractivity contribution in [3.05, 3.63) is 0 Å². The number of carbonyl (C=O) groups is 1. The minimum Gasteiger partial charge on any atom is -0.477 e. The maximum absolute atomic E-state index is 12.8. The summed E-state index contributed by atoms with van der Waals surface area (Å²) < 4.78 is 25.6. The fourth-order valence-electron chi connectivity index (χ4n) is 1.38. The van der Waals surface area contributed by atoms with Gasteiger partial charge < -0.3 is 5.11 Å². The number of nitrogens with zero attached hydrogens (tertiary/aromatic N) is 1. The predicted octanol–water partition coefficient (Wildman–Crippen LogP) is 1.14. The highest BCUT2D eigenvalue weighted by Gasteiger charge is 2.41. The molecular formula is C8H13F2NO2S. The van der Waals surface area contributed by atoms with Gasteiger partial charge in [0.1, 0.15) is 0 Å². The summed E-state index contributed by atoms with van der Waals surface area (Å²) in [7, 11) is 1.55. The summed E-state index contributed by atoms with van der Waals surface area (Å²) in [6.45, 7) is -0.701. The van der Waals surface area contributed by atoms with E-state index >= 15 is 0 Å². The van der Waals surface area contributed by atoms with Crippen molar-refractivity contribution in [3.8, 4) is 0 Å². The highest BCUT2D eigenvalue weighted by atomic mass is 32.2. The zero-order chi connectivity index (χ0) is 10.8. The standard InChI is InChI=1S/C8H13F2NO2S/c1-11(6-2-3-14-4-6)5-8(9,10)7(12)13/h6H,2-5H2,1H3,(H,12,13). The molecule has 1 atom stereocenters. The Kier molecular flexibility index (Phi) is 3.71. The van der Waals surface area contributed by atoms with Crippen LogP contribution in [0.2, 0.25) is 0 Å². The molecule has 0 radical (unpaired) electrons. The van der Waals surface area contributed by atoms with Crippen LogP contribution in [0, 0.1) is 0 Å². The summed E-state index contributed by atoms with van der Waals surface area (Å²) in [5.74, 6) is -3.91. The zero-order valence-corrected chi connectivity index (χ0v) is 8.69. The minimum atomic E-state index is -3.64. The summed E-state index contributed by atoms with van der Waals surface area (Å²) in [5, 5.41) is 8.25. The fraction of sp³-hybridized carbons (Fsp3) is 0.875. The summed E-state index contributed by atoms with van der Waals surface area (Å²) >= 11 is 1.71. The van der Waals surface area contributed by atoms with E-state index in [0.29, 0.717) is 0 Å². The van der Waals surface area contributed by atoms with Gasteiger partial charge in [0.2, 0.25) is 0 Å². The number of carboxylic acid groups (broad SMARTS) is 1. The van der Waals surface area contributed by atoms with Crippen molar-refractivity contribution in [2.75, 3.05) is 25.1 Å². The number of aliphatic carboxylic acids is 1. The third-order valence-corrected chi connectivity index (χ3v) is 3.43. The van der Waals surface area contributed by atoms with Gasteiger partial charge >= 0.3 is 11.9 Å². The molecule has 0 bridgehead atoms. The van der Waals surface area contributed by atoms with Gasteiger partial charge in [0.15, 0.2) is 0 Å². The van der Waals surface area contributed by atoms with Gasteiger partial charge in [0.25, 0.3) is 0 Å². The molecule has 1 aliphatic heterocycles. The molecule has 14 heavy (non-hydrogen) atoms. The lowest BCUT2D eigenvalue weighted by Crippen LogP contribution is -2.44. The quantitative estimate of drug-likeness (QED) is 0.779. The van der Waals surface area contributed by atoms with Crippen molar-refractivity contribution in [2.45, 2.75) is 18.4 Å². The first-order valence-electron chi connectivity index (χ1n) is 4.32. The van der Waals surface area contributed by atoms with Crippen LogP contribution in [0.15, 0.2) is 0 Å². The van der Waals surface area contributed by atoms with E-state index in [-0.39, 0.29) is 6.04 Å². The van der Waals surface area contributed by atoms with Gasteiger partial charge in [0, 0.05) is 11.8 Å². The molecule has 0 aromatic rings. The third kappa shape index (κ3) is 2.81. The monoisotopic (exact) mass is 225 g/mol. The molecule has 6 heteroatoms. The number of thioether (sulfide) groups is 1. The van der Waals surface area contributed by atoms with Gasteiger partial charge in [-0.05, 0) is 19.2 Å². The van der Waals surface area contributed by atoms with Crippen LogP contribution in [0.4, 0.5) is 8.78 Å². The Labute approximate surface area is 85.5 Å². The molecule has 0 aliphatic carbocycles. The van der Waals surface area contributed by atoms with E-state index in [1.165, 1.54) is 4.90 Å². The second kappa shape index (κ2) is 4.44. The Morgan fingerprint density at radius 1 is 1.71 bits per heavy atom. The Balaban J connectivity index is 2.46. The normalized spacial score (nSPS) is 23.0. The largest absolute Gasteiger partial charge is 0.477 e. The lowest BCUT2D eigenvalue weighted by molar-refractivity contribution is -0.167. The van der Waals surface area contributed by atoms with Crippen molar-refractivity contribution in [3.63, 3.8) is 0 Å². The molecule has 1 saturated heterocycles. The second-order valence-corrected chi connectivity index (χ2v) is 4.59. The molecule has 1 heterocycles. The summed E-state index contributed by atoms with van der Waals surface area (Å²) in [5.41, 5.74) is 0. The van der Waals surface area contributed by atoms with Crippen molar-refractivity contribution in [1.82, 2.24) is 4.90 Å². The smallest absolute Gasteiger partial charge is 0.375 e. The molecule has 82 valence electrons. The van der Waals surface area contributed by atoms with Crippen LogP contribution in [-0.2, 0) is 4.79 Å². The topological polar surface area (TPSA) is 40.5 Å². The molecule has 1 aliphatic rings. The second-order valence-electron chi connectivity index (χ2n) is 3.44. The first kappa shape index (κ1) is 11.7. The first-order valence-corrected chi connectivity index (χ1v) is 5.48.